The minimum absolute atomic E-state index is 0.0828. The Morgan fingerprint density at radius 1 is 1.35 bits per heavy atom. The molecule has 0 spiro atoms. The highest BCUT2D eigenvalue weighted by atomic mass is 35.5. The Morgan fingerprint density at radius 2 is 2.22 bits per heavy atom. The molecule has 1 amide bonds. The van der Waals surface area contributed by atoms with Gasteiger partial charge in [0.2, 0.25) is 5.91 Å². The summed E-state index contributed by atoms with van der Waals surface area (Å²) in [6.45, 7) is 0. The second-order valence-corrected chi connectivity index (χ2v) is 7.35. The zero-order valence-corrected chi connectivity index (χ0v) is 14.6. The molecule has 0 atom stereocenters. The Balaban J connectivity index is 1.61. The third kappa shape index (κ3) is 4.16. The molecule has 0 aliphatic heterocycles. The van der Waals surface area contributed by atoms with Gasteiger partial charge in [0.05, 0.1) is 23.1 Å². The first-order valence-corrected chi connectivity index (χ1v) is 8.95. The van der Waals surface area contributed by atoms with E-state index in [0.717, 1.165) is 14.6 Å². The number of halogens is 1. The summed E-state index contributed by atoms with van der Waals surface area (Å²) in [6.07, 6.45) is 0. The number of hydrogen-bond acceptors (Lipinski definition) is 5. The molecule has 4 nitrogen and oxygen atoms in total. The van der Waals surface area contributed by atoms with Gasteiger partial charge in [-0.05, 0) is 30.3 Å². The Kier molecular flexibility index (Phi) is 5.05. The molecule has 1 aromatic heterocycles. The number of rotatable bonds is 5. The van der Waals surface area contributed by atoms with Crippen LogP contribution in [0.15, 0.2) is 46.8 Å². The van der Waals surface area contributed by atoms with Crippen LogP contribution in [0.4, 0.5) is 5.69 Å². The fourth-order valence-corrected chi connectivity index (χ4v) is 3.98. The van der Waals surface area contributed by atoms with Gasteiger partial charge in [0.15, 0.2) is 4.34 Å². The first kappa shape index (κ1) is 16.1. The topological polar surface area (TPSA) is 51.2 Å². The number of benzene rings is 2. The van der Waals surface area contributed by atoms with E-state index in [1.54, 1.807) is 24.5 Å². The summed E-state index contributed by atoms with van der Waals surface area (Å²) in [7, 11) is 1.59. The molecular formula is C16H13ClN2O2S2. The van der Waals surface area contributed by atoms with Gasteiger partial charge in [0.25, 0.3) is 0 Å². The number of nitrogens with zero attached hydrogens (tertiary/aromatic N) is 1. The number of thioether (sulfide) groups is 1. The van der Waals surface area contributed by atoms with Gasteiger partial charge in [-0.25, -0.2) is 4.98 Å². The third-order valence-corrected chi connectivity index (χ3v) is 5.42. The lowest BCUT2D eigenvalue weighted by Gasteiger charge is -2.06. The van der Waals surface area contributed by atoms with Crippen LogP contribution >= 0.6 is 34.7 Å². The van der Waals surface area contributed by atoms with Gasteiger partial charge in [-0.2, -0.15) is 0 Å². The zero-order chi connectivity index (χ0) is 16.2. The van der Waals surface area contributed by atoms with Crippen molar-refractivity contribution in [3.63, 3.8) is 0 Å². The largest absolute Gasteiger partial charge is 0.497 e. The van der Waals surface area contributed by atoms with Gasteiger partial charge in [-0.1, -0.05) is 29.4 Å². The maximum Gasteiger partial charge on any atom is 0.234 e. The number of aromatic nitrogens is 1. The van der Waals surface area contributed by atoms with Gasteiger partial charge < -0.3 is 10.1 Å². The number of carbonyl (C=O) groups excluding carboxylic acids is 1. The first-order valence-electron chi connectivity index (χ1n) is 6.77. The molecule has 0 saturated carbocycles. The second kappa shape index (κ2) is 7.21. The van der Waals surface area contributed by atoms with E-state index in [1.165, 1.54) is 11.8 Å². The van der Waals surface area contributed by atoms with E-state index in [-0.39, 0.29) is 5.91 Å². The molecule has 0 unspecified atom stereocenters. The number of thiazole rings is 1. The summed E-state index contributed by atoms with van der Waals surface area (Å²) in [6, 6.07) is 12.9. The first-order chi connectivity index (χ1) is 11.1. The summed E-state index contributed by atoms with van der Waals surface area (Å²) in [5, 5.41) is 3.51. The zero-order valence-electron chi connectivity index (χ0n) is 12.2. The van der Waals surface area contributed by atoms with E-state index in [1.807, 2.05) is 36.4 Å². The van der Waals surface area contributed by atoms with E-state index in [9.17, 15) is 4.79 Å². The monoisotopic (exact) mass is 364 g/mol. The van der Waals surface area contributed by atoms with Crippen molar-refractivity contribution < 1.29 is 9.53 Å². The van der Waals surface area contributed by atoms with Crippen LogP contribution in [0.5, 0.6) is 5.75 Å². The van der Waals surface area contributed by atoms with Gasteiger partial charge in [0, 0.05) is 16.8 Å². The van der Waals surface area contributed by atoms with Gasteiger partial charge in [0.1, 0.15) is 5.75 Å². The van der Waals surface area contributed by atoms with E-state index >= 15 is 0 Å². The van der Waals surface area contributed by atoms with Crippen molar-refractivity contribution in [2.75, 3.05) is 18.2 Å². The Hall–Kier alpha value is -1.76. The van der Waals surface area contributed by atoms with E-state index in [2.05, 4.69) is 10.3 Å². The molecule has 1 N–H and O–H groups in total. The average molecular weight is 365 g/mol. The Morgan fingerprint density at radius 3 is 3.04 bits per heavy atom. The van der Waals surface area contributed by atoms with Crippen molar-refractivity contribution in [2.45, 2.75) is 4.34 Å². The van der Waals surface area contributed by atoms with Gasteiger partial charge in [-0.3, -0.25) is 4.79 Å². The lowest BCUT2D eigenvalue weighted by Crippen LogP contribution is -2.13. The molecule has 1 heterocycles. The van der Waals surface area contributed by atoms with Crippen LogP contribution in [0.25, 0.3) is 10.2 Å². The lowest BCUT2D eigenvalue weighted by atomic mass is 10.3. The lowest BCUT2D eigenvalue weighted by molar-refractivity contribution is -0.113. The normalized spacial score (nSPS) is 10.7. The number of hydrogen-bond donors (Lipinski definition) is 1. The van der Waals surface area contributed by atoms with Crippen molar-refractivity contribution >= 4 is 56.5 Å². The number of nitrogens with one attached hydrogen (secondary N) is 1. The summed E-state index contributed by atoms with van der Waals surface area (Å²) in [5.74, 6) is 0.921. The van der Waals surface area contributed by atoms with Crippen LogP contribution in [-0.2, 0) is 4.79 Å². The van der Waals surface area contributed by atoms with Crippen molar-refractivity contribution in [2.24, 2.45) is 0 Å². The number of anilines is 1. The molecule has 3 rings (SSSR count). The predicted octanol–water partition coefficient (Wildman–Crippen LogP) is 4.69. The summed E-state index contributed by atoms with van der Waals surface area (Å²) in [5.41, 5.74) is 1.57. The molecule has 23 heavy (non-hydrogen) atoms. The number of fused-ring (bicyclic) bond motifs is 1. The minimum atomic E-state index is -0.0828. The van der Waals surface area contributed by atoms with Gasteiger partial charge >= 0.3 is 0 Å². The number of amides is 1. The van der Waals surface area contributed by atoms with Crippen LogP contribution in [0.2, 0.25) is 5.02 Å². The van der Waals surface area contributed by atoms with Crippen LogP contribution in [0.1, 0.15) is 0 Å². The Labute approximate surface area is 146 Å². The highest BCUT2D eigenvalue weighted by molar-refractivity contribution is 8.01. The van der Waals surface area contributed by atoms with E-state index < -0.39 is 0 Å². The summed E-state index contributed by atoms with van der Waals surface area (Å²) < 4.78 is 7.04. The fraction of sp³-hybridized carbons (Fsp3) is 0.125. The molecule has 0 bridgehead atoms. The molecule has 0 aliphatic carbocycles. The van der Waals surface area contributed by atoms with Crippen molar-refractivity contribution in [1.29, 1.82) is 0 Å². The summed E-state index contributed by atoms with van der Waals surface area (Å²) in [4.78, 5) is 16.5. The molecule has 118 valence electrons. The number of ether oxygens (including phenoxy) is 1. The molecule has 2 aromatic carbocycles. The molecule has 0 saturated heterocycles. The number of methoxy groups -OCH3 is 1. The van der Waals surface area contributed by atoms with Crippen molar-refractivity contribution in [3.8, 4) is 5.75 Å². The molecule has 0 aliphatic rings. The van der Waals surface area contributed by atoms with Crippen LogP contribution in [-0.4, -0.2) is 23.8 Å². The summed E-state index contributed by atoms with van der Waals surface area (Å²) >= 11 is 8.92. The van der Waals surface area contributed by atoms with Crippen LogP contribution < -0.4 is 10.1 Å². The molecule has 0 radical (unpaired) electrons. The molecular weight excluding hydrogens is 352 g/mol. The highest BCUT2D eigenvalue weighted by Gasteiger charge is 2.09. The predicted molar refractivity (Wildman–Crippen MR) is 97.0 cm³/mol. The quantitative estimate of drug-likeness (QED) is 0.667. The highest BCUT2D eigenvalue weighted by Crippen LogP contribution is 2.31. The van der Waals surface area contributed by atoms with Crippen LogP contribution in [0.3, 0.4) is 0 Å². The van der Waals surface area contributed by atoms with Gasteiger partial charge in [-0.15, -0.1) is 11.3 Å². The maximum atomic E-state index is 12.0. The van der Waals surface area contributed by atoms with Crippen LogP contribution in [0, 0.1) is 0 Å². The molecule has 0 fully saturated rings. The average Bonchev–Trinajstić information content (AvgIpc) is 2.95. The van der Waals surface area contributed by atoms with E-state index in [4.69, 9.17) is 16.3 Å². The minimum Gasteiger partial charge on any atom is -0.497 e. The smallest absolute Gasteiger partial charge is 0.234 e. The van der Waals surface area contributed by atoms with Crippen molar-refractivity contribution in [3.05, 3.63) is 47.5 Å². The second-order valence-electron chi connectivity index (χ2n) is 4.66. The van der Waals surface area contributed by atoms with E-state index in [0.29, 0.717) is 22.2 Å². The maximum absolute atomic E-state index is 12.0. The fourth-order valence-electron chi connectivity index (χ4n) is 1.97. The Bertz CT molecular complexity index is 851. The standard InChI is InChI=1S/C16H13ClN2O2S2/c1-21-12-4-2-3-11(8-12)18-15(20)9-22-16-19-13-7-10(17)5-6-14(13)23-16/h2-8H,9H2,1H3,(H,18,20). The third-order valence-electron chi connectivity index (χ3n) is 3.01. The molecule has 3 aromatic rings. The SMILES string of the molecule is COc1cccc(NC(=O)CSc2nc3cc(Cl)ccc3s2)c1. The van der Waals surface area contributed by atoms with Crippen molar-refractivity contribution in [1.82, 2.24) is 4.98 Å². The number of carbonyl (C=O) groups is 1. The molecule has 7 heteroatoms.